The number of nitrogens with one attached hydrogen (secondary N) is 1. The Kier molecular flexibility index (Phi) is 3.00. The van der Waals surface area contributed by atoms with Gasteiger partial charge in [0.2, 0.25) is 0 Å². The van der Waals surface area contributed by atoms with Crippen LogP contribution < -0.4 is 0 Å². The molecule has 1 aromatic carbocycles. The van der Waals surface area contributed by atoms with Crippen molar-refractivity contribution in [1.29, 1.82) is 0 Å². The van der Waals surface area contributed by atoms with Crippen LogP contribution in [-0.2, 0) is 10.2 Å². The van der Waals surface area contributed by atoms with Gasteiger partial charge in [-0.05, 0) is 30.0 Å². The van der Waals surface area contributed by atoms with E-state index in [1.165, 1.54) is 0 Å². The fourth-order valence-corrected chi connectivity index (χ4v) is 2.67. The summed E-state index contributed by atoms with van der Waals surface area (Å²) in [6.45, 7) is 5.76. The lowest BCUT2D eigenvalue weighted by Gasteiger charge is -2.23. The van der Waals surface area contributed by atoms with Crippen molar-refractivity contribution in [2.45, 2.75) is 32.6 Å². The maximum atomic E-state index is 11.3. The zero-order chi connectivity index (χ0) is 12.6. The minimum Gasteiger partial charge on any atom is -0.361 e. The molecule has 0 saturated carbocycles. The van der Waals surface area contributed by atoms with Crippen molar-refractivity contribution >= 4 is 28.3 Å². The van der Waals surface area contributed by atoms with E-state index in [1.54, 1.807) is 6.92 Å². The third-order valence-corrected chi connectivity index (χ3v) is 3.39. The average Bonchev–Trinajstić information content (AvgIpc) is 2.61. The van der Waals surface area contributed by atoms with Crippen molar-refractivity contribution in [3.63, 3.8) is 0 Å². The largest absolute Gasteiger partial charge is 0.361 e. The van der Waals surface area contributed by atoms with Crippen LogP contribution in [0.4, 0.5) is 0 Å². The molecule has 2 rings (SSSR count). The molecular weight excluding hydrogens is 234 g/mol. The van der Waals surface area contributed by atoms with E-state index in [4.69, 9.17) is 11.6 Å². The predicted octanol–water partition coefficient (Wildman–Crippen LogP) is 4.08. The second kappa shape index (κ2) is 4.19. The summed E-state index contributed by atoms with van der Waals surface area (Å²) in [5.74, 6) is 0.191. The number of fused-ring (bicyclic) bond motifs is 1. The first kappa shape index (κ1) is 12.2. The first-order valence-electron chi connectivity index (χ1n) is 5.67. The topological polar surface area (TPSA) is 32.9 Å². The molecule has 0 radical (unpaired) electrons. The van der Waals surface area contributed by atoms with Gasteiger partial charge >= 0.3 is 0 Å². The number of hydrogen-bond donors (Lipinski definition) is 1. The SMILES string of the molecule is CC(=O)CC(C)(C)c1c[nH]c2cccc(Cl)c12. The summed E-state index contributed by atoms with van der Waals surface area (Å²) in [6, 6.07) is 5.79. The number of halogens is 1. The van der Waals surface area contributed by atoms with Gasteiger partial charge in [0.15, 0.2) is 0 Å². The molecule has 1 aromatic heterocycles. The van der Waals surface area contributed by atoms with E-state index < -0.39 is 0 Å². The van der Waals surface area contributed by atoms with Crippen molar-refractivity contribution in [3.05, 3.63) is 35.0 Å². The van der Waals surface area contributed by atoms with Crippen LogP contribution in [0.1, 0.15) is 32.8 Å². The molecule has 0 bridgehead atoms. The van der Waals surface area contributed by atoms with Gasteiger partial charge in [-0.1, -0.05) is 31.5 Å². The van der Waals surface area contributed by atoms with E-state index >= 15 is 0 Å². The van der Waals surface area contributed by atoms with Crippen LogP contribution in [0.5, 0.6) is 0 Å². The smallest absolute Gasteiger partial charge is 0.130 e. The van der Waals surface area contributed by atoms with E-state index in [0.29, 0.717) is 6.42 Å². The number of ketones is 1. The van der Waals surface area contributed by atoms with Gasteiger partial charge < -0.3 is 4.98 Å². The fraction of sp³-hybridized carbons (Fsp3) is 0.357. The van der Waals surface area contributed by atoms with Crippen LogP contribution in [0.3, 0.4) is 0 Å². The van der Waals surface area contributed by atoms with Crippen LogP contribution in [0, 0.1) is 0 Å². The van der Waals surface area contributed by atoms with Gasteiger partial charge in [0, 0.05) is 23.5 Å². The van der Waals surface area contributed by atoms with Gasteiger partial charge in [-0.15, -0.1) is 0 Å². The van der Waals surface area contributed by atoms with Crippen molar-refractivity contribution in [3.8, 4) is 0 Å². The summed E-state index contributed by atoms with van der Waals surface area (Å²) < 4.78 is 0. The zero-order valence-corrected chi connectivity index (χ0v) is 11.1. The Morgan fingerprint density at radius 1 is 1.41 bits per heavy atom. The predicted molar refractivity (Wildman–Crippen MR) is 71.6 cm³/mol. The summed E-state index contributed by atoms with van der Waals surface area (Å²) >= 11 is 6.24. The maximum Gasteiger partial charge on any atom is 0.130 e. The number of aromatic amines is 1. The molecule has 2 nitrogen and oxygen atoms in total. The monoisotopic (exact) mass is 249 g/mol. The molecule has 17 heavy (non-hydrogen) atoms. The summed E-state index contributed by atoms with van der Waals surface area (Å²) in [7, 11) is 0. The van der Waals surface area contributed by atoms with Crippen LogP contribution in [0.15, 0.2) is 24.4 Å². The molecule has 0 aliphatic rings. The highest BCUT2D eigenvalue weighted by molar-refractivity contribution is 6.35. The molecule has 3 heteroatoms. The van der Waals surface area contributed by atoms with E-state index in [1.807, 2.05) is 24.4 Å². The number of carbonyl (C=O) groups excluding carboxylic acids is 1. The third-order valence-electron chi connectivity index (χ3n) is 3.07. The van der Waals surface area contributed by atoms with Crippen molar-refractivity contribution in [2.75, 3.05) is 0 Å². The molecule has 2 aromatic rings. The molecular formula is C14H16ClNO. The van der Waals surface area contributed by atoms with E-state index in [0.717, 1.165) is 21.5 Å². The molecule has 0 spiro atoms. The normalized spacial score (nSPS) is 12.0. The third kappa shape index (κ3) is 2.22. The Morgan fingerprint density at radius 2 is 2.12 bits per heavy atom. The molecule has 0 fully saturated rings. The van der Waals surface area contributed by atoms with Gasteiger partial charge in [-0.3, -0.25) is 4.79 Å². The van der Waals surface area contributed by atoms with Crippen molar-refractivity contribution in [1.82, 2.24) is 4.98 Å². The van der Waals surface area contributed by atoms with Crippen LogP contribution in [0.25, 0.3) is 10.9 Å². The van der Waals surface area contributed by atoms with Gasteiger partial charge in [0.05, 0.1) is 5.02 Å². The number of H-pyrrole nitrogens is 1. The number of benzene rings is 1. The Hall–Kier alpha value is -1.28. The van der Waals surface area contributed by atoms with Gasteiger partial charge in [0.1, 0.15) is 5.78 Å². The second-order valence-corrected chi connectivity index (χ2v) is 5.53. The van der Waals surface area contributed by atoms with Crippen LogP contribution in [0.2, 0.25) is 5.02 Å². The van der Waals surface area contributed by atoms with Crippen LogP contribution in [-0.4, -0.2) is 10.8 Å². The number of carbonyl (C=O) groups is 1. The summed E-state index contributed by atoms with van der Waals surface area (Å²) in [6.07, 6.45) is 2.48. The maximum absolute atomic E-state index is 11.3. The highest BCUT2D eigenvalue weighted by atomic mass is 35.5. The molecule has 0 saturated heterocycles. The average molecular weight is 250 g/mol. The summed E-state index contributed by atoms with van der Waals surface area (Å²) in [5.41, 5.74) is 1.92. The minimum absolute atomic E-state index is 0.191. The highest BCUT2D eigenvalue weighted by Gasteiger charge is 2.26. The molecule has 1 N–H and O–H groups in total. The van der Waals surface area contributed by atoms with E-state index in [-0.39, 0.29) is 11.2 Å². The number of rotatable bonds is 3. The van der Waals surface area contributed by atoms with Crippen LogP contribution >= 0.6 is 11.6 Å². The lowest BCUT2D eigenvalue weighted by atomic mass is 9.80. The second-order valence-electron chi connectivity index (χ2n) is 5.13. The first-order chi connectivity index (χ1) is 7.92. The van der Waals surface area contributed by atoms with E-state index in [9.17, 15) is 4.79 Å². The zero-order valence-electron chi connectivity index (χ0n) is 10.3. The Bertz CT molecular complexity index is 569. The van der Waals surface area contributed by atoms with Gasteiger partial charge in [-0.25, -0.2) is 0 Å². The molecule has 0 amide bonds. The summed E-state index contributed by atoms with van der Waals surface area (Å²) in [4.78, 5) is 14.5. The molecule has 0 unspecified atom stereocenters. The van der Waals surface area contributed by atoms with Gasteiger partial charge in [-0.2, -0.15) is 0 Å². The Morgan fingerprint density at radius 3 is 2.76 bits per heavy atom. The molecule has 90 valence electrons. The summed E-state index contributed by atoms with van der Waals surface area (Å²) in [5, 5.41) is 1.76. The number of Topliss-reactive ketones (excluding diaryl/α,β-unsaturated/α-hetero) is 1. The standard InChI is InChI=1S/C14H16ClNO/c1-9(17)7-14(2,3)10-8-16-12-6-4-5-11(15)13(10)12/h4-6,8,16H,7H2,1-3H3. The first-order valence-corrected chi connectivity index (χ1v) is 6.05. The molecule has 1 heterocycles. The lowest BCUT2D eigenvalue weighted by molar-refractivity contribution is -0.118. The van der Waals surface area contributed by atoms with Crippen molar-refractivity contribution < 1.29 is 4.79 Å². The molecule has 0 aliphatic carbocycles. The molecule has 0 atom stereocenters. The Labute approximate surface area is 106 Å². The fourth-order valence-electron chi connectivity index (χ4n) is 2.39. The number of aromatic nitrogens is 1. The quantitative estimate of drug-likeness (QED) is 0.874. The van der Waals surface area contributed by atoms with Crippen molar-refractivity contribution in [2.24, 2.45) is 0 Å². The van der Waals surface area contributed by atoms with Gasteiger partial charge in [0.25, 0.3) is 0 Å². The minimum atomic E-state index is -0.199. The number of hydrogen-bond acceptors (Lipinski definition) is 1. The highest BCUT2D eigenvalue weighted by Crippen LogP contribution is 2.36. The molecule has 0 aliphatic heterocycles. The lowest BCUT2D eigenvalue weighted by Crippen LogP contribution is -2.20. The Balaban J connectivity index is 2.59. The van der Waals surface area contributed by atoms with E-state index in [2.05, 4.69) is 18.8 Å².